The Balaban J connectivity index is 1.42. The van der Waals surface area contributed by atoms with E-state index in [-0.39, 0.29) is 11.9 Å². The normalized spacial score (nSPS) is 15.2. The van der Waals surface area contributed by atoms with Crippen LogP contribution in [0.2, 0.25) is 0 Å². The maximum Gasteiger partial charge on any atom is 0.217 e. The summed E-state index contributed by atoms with van der Waals surface area (Å²) >= 11 is 0. The van der Waals surface area contributed by atoms with E-state index in [9.17, 15) is 4.79 Å². The molecule has 4 rings (SSSR count). The van der Waals surface area contributed by atoms with E-state index in [0.717, 1.165) is 50.7 Å². The van der Waals surface area contributed by atoms with Gasteiger partial charge < -0.3 is 9.88 Å². The highest BCUT2D eigenvalue weighted by molar-refractivity contribution is 5.73. The van der Waals surface area contributed by atoms with Crippen LogP contribution in [0.15, 0.2) is 54.6 Å². The van der Waals surface area contributed by atoms with Crippen molar-refractivity contribution in [1.82, 2.24) is 25.0 Å². The summed E-state index contributed by atoms with van der Waals surface area (Å²) in [6.45, 7) is 9.55. The van der Waals surface area contributed by atoms with Gasteiger partial charge in [-0.15, -0.1) is 10.2 Å². The van der Waals surface area contributed by atoms with Gasteiger partial charge in [-0.05, 0) is 29.0 Å². The first-order chi connectivity index (χ1) is 15.5. The van der Waals surface area contributed by atoms with E-state index < -0.39 is 0 Å². The number of amides is 1. The minimum Gasteiger partial charge on any atom is -0.346 e. The number of hydrogen-bond donors (Lipinski definition) is 1. The van der Waals surface area contributed by atoms with Gasteiger partial charge in [0.1, 0.15) is 5.82 Å². The molecule has 168 valence electrons. The number of rotatable bonds is 7. The van der Waals surface area contributed by atoms with E-state index >= 15 is 0 Å². The largest absolute Gasteiger partial charge is 0.346 e. The summed E-state index contributed by atoms with van der Waals surface area (Å²) in [4.78, 5) is 14.2. The Morgan fingerprint density at radius 2 is 1.69 bits per heavy atom. The van der Waals surface area contributed by atoms with E-state index in [4.69, 9.17) is 0 Å². The Hall–Kier alpha value is -2.99. The van der Waals surface area contributed by atoms with E-state index in [1.54, 1.807) is 6.92 Å². The predicted molar refractivity (Wildman–Crippen MR) is 127 cm³/mol. The topological polar surface area (TPSA) is 63.1 Å². The van der Waals surface area contributed by atoms with E-state index in [0.29, 0.717) is 5.92 Å². The number of nitrogens with one attached hydrogen (secondary N) is 1. The molecule has 6 nitrogen and oxygen atoms in total. The molecule has 32 heavy (non-hydrogen) atoms. The van der Waals surface area contributed by atoms with E-state index in [1.165, 1.54) is 16.7 Å². The lowest BCUT2D eigenvalue weighted by Crippen LogP contribution is -2.31. The van der Waals surface area contributed by atoms with Crippen molar-refractivity contribution in [2.75, 3.05) is 13.1 Å². The van der Waals surface area contributed by atoms with Gasteiger partial charge in [0.05, 0.1) is 6.04 Å². The first-order valence-corrected chi connectivity index (χ1v) is 11.6. The number of hydrogen-bond acceptors (Lipinski definition) is 4. The molecule has 1 unspecified atom stereocenters. The molecule has 2 aromatic carbocycles. The summed E-state index contributed by atoms with van der Waals surface area (Å²) in [7, 11) is 0. The average Bonchev–Trinajstić information content (AvgIpc) is 3.08. The smallest absolute Gasteiger partial charge is 0.217 e. The van der Waals surface area contributed by atoms with Crippen molar-refractivity contribution in [3.05, 3.63) is 71.8 Å². The van der Waals surface area contributed by atoms with Crippen LogP contribution in [0.4, 0.5) is 0 Å². The summed E-state index contributed by atoms with van der Waals surface area (Å²) in [5.41, 5.74) is 3.81. The van der Waals surface area contributed by atoms with Crippen LogP contribution >= 0.6 is 0 Å². The molecular weight excluding hydrogens is 398 g/mol. The van der Waals surface area contributed by atoms with Crippen LogP contribution in [0.25, 0.3) is 11.1 Å². The van der Waals surface area contributed by atoms with Crippen molar-refractivity contribution in [3.8, 4) is 11.1 Å². The van der Waals surface area contributed by atoms with Crippen LogP contribution in [0.1, 0.15) is 50.4 Å². The predicted octanol–water partition coefficient (Wildman–Crippen LogP) is 4.23. The minimum atomic E-state index is -0.0918. The molecule has 1 atom stereocenters. The lowest BCUT2D eigenvalue weighted by Gasteiger charge is -2.22. The molecule has 0 aliphatic carbocycles. The summed E-state index contributed by atoms with van der Waals surface area (Å²) in [6, 6.07) is 19.3. The van der Waals surface area contributed by atoms with Crippen LogP contribution in [0, 0.1) is 5.92 Å². The molecule has 1 aromatic heterocycles. The highest BCUT2D eigenvalue weighted by Gasteiger charge is 2.25. The van der Waals surface area contributed by atoms with Crippen molar-refractivity contribution in [2.24, 2.45) is 5.92 Å². The molecule has 0 spiro atoms. The summed E-state index contributed by atoms with van der Waals surface area (Å²) in [5.74, 6) is 2.34. The fourth-order valence-corrected chi connectivity index (χ4v) is 4.44. The number of aromatic nitrogens is 3. The van der Waals surface area contributed by atoms with Gasteiger partial charge in [0.15, 0.2) is 5.82 Å². The van der Waals surface area contributed by atoms with Gasteiger partial charge in [0, 0.05) is 39.5 Å². The molecular formula is C26H33N5O. The maximum absolute atomic E-state index is 11.8. The molecule has 0 saturated heterocycles. The molecule has 3 aromatic rings. The van der Waals surface area contributed by atoms with Crippen LogP contribution in [0.5, 0.6) is 0 Å². The molecule has 0 fully saturated rings. The third-order valence-corrected chi connectivity index (χ3v) is 6.01. The maximum atomic E-state index is 11.8. The lowest BCUT2D eigenvalue weighted by molar-refractivity contribution is -0.119. The van der Waals surface area contributed by atoms with E-state index in [2.05, 4.69) is 87.4 Å². The Morgan fingerprint density at radius 1 is 0.969 bits per heavy atom. The molecule has 1 N–H and O–H groups in total. The monoisotopic (exact) mass is 431 g/mol. The fraction of sp³-hybridized carbons (Fsp3) is 0.423. The Labute approximate surface area is 190 Å². The van der Waals surface area contributed by atoms with Gasteiger partial charge in [0.25, 0.3) is 0 Å². The Morgan fingerprint density at radius 3 is 2.38 bits per heavy atom. The number of fused-ring (bicyclic) bond motifs is 1. The first kappa shape index (κ1) is 22.2. The molecule has 1 amide bonds. The highest BCUT2D eigenvalue weighted by Crippen LogP contribution is 2.23. The summed E-state index contributed by atoms with van der Waals surface area (Å²) < 4.78 is 2.22. The second-order valence-corrected chi connectivity index (χ2v) is 9.10. The van der Waals surface area contributed by atoms with Gasteiger partial charge in [-0.25, -0.2) is 0 Å². The molecule has 2 heterocycles. The zero-order valence-corrected chi connectivity index (χ0v) is 19.3. The molecule has 1 aliphatic heterocycles. The molecule has 6 heteroatoms. The number of benzene rings is 2. The van der Waals surface area contributed by atoms with Crippen LogP contribution in [-0.4, -0.2) is 38.7 Å². The third kappa shape index (κ3) is 5.43. The second kappa shape index (κ2) is 10.1. The van der Waals surface area contributed by atoms with Crippen molar-refractivity contribution in [2.45, 2.75) is 52.7 Å². The van der Waals surface area contributed by atoms with Gasteiger partial charge in [-0.3, -0.25) is 9.69 Å². The Kier molecular flexibility index (Phi) is 7.00. The molecule has 0 saturated carbocycles. The molecule has 0 bridgehead atoms. The summed E-state index contributed by atoms with van der Waals surface area (Å²) in [6.07, 6.45) is 1.72. The van der Waals surface area contributed by atoms with Crippen LogP contribution in [-0.2, 0) is 24.3 Å². The fourth-order valence-electron chi connectivity index (χ4n) is 4.44. The quantitative estimate of drug-likeness (QED) is 0.608. The van der Waals surface area contributed by atoms with Crippen molar-refractivity contribution >= 4 is 5.91 Å². The van der Waals surface area contributed by atoms with Gasteiger partial charge in [-0.1, -0.05) is 68.4 Å². The highest BCUT2D eigenvalue weighted by atomic mass is 16.1. The van der Waals surface area contributed by atoms with Gasteiger partial charge >= 0.3 is 0 Å². The Bertz CT molecular complexity index is 1030. The van der Waals surface area contributed by atoms with E-state index in [1.807, 2.05) is 6.07 Å². The zero-order valence-electron chi connectivity index (χ0n) is 19.3. The van der Waals surface area contributed by atoms with Crippen molar-refractivity contribution in [1.29, 1.82) is 0 Å². The summed E-state index contributed by atoms with van der Waals surface area (Å²) in [5, 5.41) is 12.0. The number of carbonyl (C=O) groups excluding carboxylic acids is 1. The van der Waals surface area contributed by atoms with Gasteiger partial charge in [-0.2, -0.15) is 0 Å². The van der Waals surface area contributed by atoms with Crippen molar-refractivity contribution in [3.63, 3.8) is 0 Å². The minimum absolute atomic E-state index is 0.0257. The average molecular weight is 432 g/mol. The second-order valence-electron chi connectivity index (χ2n) is 9.10. The molecule has 0 radical (unpaired) electrons. The van der Waals surface area contributed by atoms with Crippen LogP contribution < -0.4 is 5.32 Å². The van der Waals surface area contributed by atoms with Crippen molar-refractivity contribution < 1.29 is 4.79 Å². The molecule has 1 aliphatic rings. The van der Waals surface area contributed by atoms with Crippen LogP contribution in [0.3, 0.4) is 0 Å². The standard InChI is InChI=1S/C26H33N5O/c1-19(2)17-24(27-20(3)32)26-29-28-25-13-14-30(15-16-31(25)26)18-21-9-11-23(12-10-21)22-7-5-4-6-8-22/h4-12,19,24H,13-18H2,1-3H3,(H,27,32). The van der Waals surface area contributed by atoms with Gasteiger partial charge in [0.2, 0.25) is 5.91 Å². The number of carbonyl (C=O) groups is 1. The zero-order chi connectivity index (χ0) is 22.5. The third-order valence-electron chi connectivity index (χ3n) is 6.01. The SMILES string of the molecule is CC(=O)NC(CC(C)C)c1nnc2n1CCN(Cc1ccc(-c3ccccc3)cc1)CC2. The first-order valence-electron chi connectivity index (χ1n) is 11.6. The lowest BCUT2D eigenvalue weighted by atomic mass is 10.0. The number of nitrogens with zero attached hydrogens (tertiary/aromatic N) is 4.